The number of ether oxygens (including phenoxy) is 1. The first-order valence-corrected chi connectivity index (χ1v) is 12.4. The molecule has 182 valence electrons. The van der Waals surface area contributed by atoms with Crippen molar-refractivity contribution >= 4 is 22.5 Å². The number of fused-ring (bicyclic) bond motifs is 1. The average Bonchev–Trinajstić information content (AvgIpc) is 2.94. The second kappa shape index (κ2) is 11.3. The molecule has 1 aliphatic rings. The van der Waals surface area contributed by atoms with Crippen molar-refractivity contribution in [3.8, 4) is 0 Å². The summed E-state index contributed by atoms with van der Waals surface area (Å²) in [6.07, 6.45) is 0. The SMILES string of the molecule is O=C(CN1CCN(C(c2ccccc2)c2ccccc2)CC1)OCC(=O)c1ccc2ccccc2c1. The third kappa shape index (κ3) is 5.70. The summed E-state index contributed by atoms with van der Waals surface area (Å²) in [6, 6.07) is 34.7. The second-order valence-electron chi connectivity index (χ2n) is 9.18. The van der Waals surface area contributed by atoms with E-state index in [4.69, 9.17) is 4.74 Å². The first-order valence-electron chi connectivity index (χ1n) is 12.4. The van der Waals surface area contributed by atoms with Crippen molar-refractivity contribution in [2.24, 2.45) is 0 Å². The lowest BCUT2D eigenvalue weighted by Gasteiger charge is -2.39. The van der Waals surface area contributed by atoms with Crippen LogP contribution < -0.4 is 0 Å². The molecule has 0 aliphatic carbocycles. The molecule has 1 fully saturated rings. The average molecular weight is 479 g/mol. The largest absolute Gasteiger partial charge is 0.456 e. The molecule has 1 saturated heterocycles. The molecule has 36 heavy (non-hydrogen) atoms. The quantitative estimate of drug-likeness (QED) is 0.264. The molecule has 5 rings (SSSR count). The molecule has 0 atom stereocenters. The first-order chi connectivity index (χ1) is 17.7. The monoisotopic (exact) mass is 478 g/mol. The topological polar surface area (TPSA) is 49.9 Å². The van der Waals surface area contributed by atoms with Gasteiger partial charge >= 0.3 is 5.97 Å². The van der Waals surface area contributed by atoms with E-state index in [0.29, 0.717) is 5.56 Å². The number of hydrogen-bond acceptors (Lipinski definition) is 5. The Bertz CT molecular complexity index is 1280. The Labute approximate surface area is 211 Å². The molecule has 5 nitrogen and oxygen atoms in total. The van der Waals surface area contributed by atoms with E-state index in [1.807, 2.05) is 48.5 Å². The molecule has 0 unspecified atom stereocenters. The normalized spacial score (nSPS) is 14.7. The van der Waals surface area contributed by atoms with Crippen LogP contribution in [0.3, 0.4) is 0 Å². The number of nitrogens with zero attached hydrogens (tertiary/aromatic N) is 2. The highest BCUT2D eigenvalue weighted by molar-refractivity contribution is 6.01. The van der Waals surface area contributed by atoms with Crippen LogP contribution in [-0.2, 0) is 9.53 Å². The van der Waals surface area contributed by atoms with Crippen molar-refractivity contribution < 1.29 is 14.3 Å². The zero-order valence-electron chi connectivity index (χ0n) is 20.3. The number of ketones is 1. The molecule has 1 heterocycles. The number of benzene rings is 4. The minimum atomic E-state index is -0.361. The molecule has 0 aromatic heterocycles. The molecule has 0 bridgehead atoms. The number of esters is 1. The molecular weight excluding hydrogens is 448 g/mol. The summed E-state index contributed by atoms with van der Waals surface area (Å²) in [5.41, 5.74) is 3.09. The number of carbonyl (C=O) groups is 2. The maximum atomic E-state index is 12.6. The van der Waals surface area contributed by atoms with Gasteiger partial charge in [-0.15, -0.1) is 0 Å². The zero-order valence-corrected chi connectivity index (χ0v) is 20.3. The number of piperazine rings is 1. The van der Waals surface area contributed by atoms with Crippen LogP contribution in [0.25, 0.3) is 10.8 Å². The predicted molar refractivity (Wildman–Crippen MR) is 142 cm³/mol. The highest BCUT2D eigenvalue weighted by Gasteiger charge is 2.27. The van der Waals surface area contributed by atoms with Crippen molar-refractivity contribution in [1.82, 2.24) is 9.80 Å². The van der Waals surface area contributed by atoms with Gasteiger partial charge in [-0.05, 0) is 28.0 Å². The fraction of sp³-hybridized carbons (Fsp3) is 0.226. The van der Waals surface area contributed by atoms with Gasteiger partial charge in [0.05, 0.1) is 12.6 Å². The lowest BCUT2D eigenvalue weighted by Crippen LogP contribution is -2.49. The molecule has 0 spiro atoms. The summed E-state index contributed by atoms with van der Waals surface area (Å²) in [4.78, 5) is 29.6. The smallest absolute Gasteiger partial charge is 0.320 e. The van der Waals surface area contributed by atoms with Crippen molar-refractivity contribution in [1.29, 1.82) is 0 Å². The van der Waals surface area contributed by atoms with Crippen LogP contribution in [0.5, 0.6) is 0 Å². The Morgan fingerprint density at radius 1 is 0.694 bits per heavy atom. The van der Waals surface area contributed by atoms with Gasteiger partial charge in [0.1, 0.15) is 0 Å². The molecule has 0 saturated carbocycles. The molecule has 0 N–H and O–H groups in total. The Balaban J connectivity index is 1.14. The molecule has 4 aromatic rings. The van der Waals surface area contributed by atoms with Gasteiger partial charge in [-0.25, -0.2) is 0 Å². The molecule has 0 amide bonds. The minimum Gasteiger partial charge on any atom is -0.456 e. The lowest BCUT2D eigenvalue weighted by molar-refractivity contribution is -0.144. The van der Waals surface area contributed by atoms with Gasteiger partial charge in [-0.1, -0.05) is 97.1 Å². The number of Topliss-reactive ketones (excluding diaryl/α,β-unsaturated/α-hetero) is 1. The fourth-order valence-corrected chi connectivity index (χ4v) is 4.88. The van der Waals surface area contributed by atoms with Crippen LogP contribution in [0.4, 0.5) is 0 Å². The Hall–Kier alpha value is -3.80. The lowest BCUT2D eigenvalue weighted by atomic mass is 9.96. The summed E-state index contributed by atoms with van der Waals surface area (Å²) in [5, 5.41) is 2.07. The summed E-state index contributed by atoms with van der Waals surface area (Å²) < 4.78 is 5.34. The van der Waals surface area contributed by atoms with Crippen LogP contribution in [0.2, 0.25) is 0 Å². The summed E-state index contributed by atoms with van der Waals surface area (Å²) in [6.45, 7) is 3.19. The van der Waals surface area contributed by atoms with E-state index in [1.165, 1.54) is 11.1 Å². The number of rotatable bonds is 8. The van der Waals surface area contributed by atoms with Crippen molar-refractivity contribution in [3.63, 3.8) is 0 Å². The van der Waals surface area contributed by atoms with E-state index >= 15 is 0 Å². The Morgan fingerprint density at radius 3 is 1.92 bits per heavy atom. The maximum Gasteiger partial charge on any atom is 0.320 e. The van der Waals surface area contributed by atoms with Crippen LogP contribution in [0.1, 0.15) is 27.5 Å². The van der Waals surface area contributed by atoms with E-state index in [0.717, 1.165) is 37.0 Å². The molecule has 5 heteroatoms. The van der Waals surface area contributed by atoms with Crippen molar-refractivity contribution in [2.45, 2.75) is 6.04 Å². The van der Waals surface area contributed by atoms with Gasteiger partial charge in [0.15, 0.2) is 12.4 Å². The standard InChI is InChI=1S/C31H30N2O3/c34-29(28-16-15-24-9-7-8-14-27(24)21-28)23-36-30(35)22-32-17-19-33(20-18-32)31(25-10-3-1-4-11-25)26-12-5-2-6-13-26/h1-16,21,31H,17-20,22-23H2. The molecule has 0 radical (unpaired) electrons. The van der Waals surface area contributed by atoms with Gasteiger partial charge < -0.3 is 4.74 Å². The van der Waals surface area contributed by atoms with Crippen molar-refractivity contribution in [3.05, 3.63) is 120 Å². The Morgan fingerprint density at radius 2 is 1.28 bits per heavy atom. The molecular formula is C31H30N2O3. The van der Waals surface area contributed by atoms with Crippen LogP contribution in [0.15, 0.2) is 103 Å². The Kier molecular flexibility index (Phi) is 7.50. The van der Waals surface area contributed by atoms with Gasteiger partial charge in [0, 0.05) is 31.7 Å². The van der Waals surface area contributed by atoms with Gasteiger partial charge in [-0.3, -0.25) is 19.4 Å². The maximum absolute atomic E-state index is 12.6. The van der Waals surface area contributed by atoms with E-state index in [-0.39, 0.29) is 30.9 Å². The third-order valence-corrected chi connectivity index (χ3v) is 6.79. The summed E-state index contributed by atoms with van der Waals surface area (Å²) >= 11 is 0. The van der Waals surface area contributed by atoms with E-state index in [2.05, 4.69) is 58.3 Å². The molecule has 1 aliphatic heterocycles. The third-order valence-electron chi connectivity index (χ3n) is 6.79. The fourth-order valence-electron chi connectivity index (χ4n) is 4.88. The summed E-state index contributed by atoms with van der Waals surface area (Å²) in [5.74, 6) is -0.548. The van der Waals surface area contributed by atoms with Crippen molar-refractivity contribution in [2.75, 3.05) is 39.3 Å². The first kappa shape index (κ1) is 23.9. The zero-order chi connectivity index (χ0) is 24.7. The summed E-state index contributed by atoms with van der Waals surface area (Å²) in [7, 11) is 0. The predicted octanol–water partition coefficient (Wildman–Crippen LogP) is 4.97. The number of carbonyl (C=O) groups excluding carboxylic acids is 2. The van der Waals surface area contributed by atoms with E-state index < -0.39 is 0 Å². The van der Waals surface area contributed by atoms with Crippen LogP contribution >= 0.6 is 0 Å². The molecule has 4 aromatic carbocycles. The van der Waals surface area contributed by atoms with Gasteiger partial charge in [0.25, 0.3) is 0 Å². The van der Waals surface area contributed by atoms with Crippen LogP contribution in [-0.4, -0.2) is 60.9 Å². The van der Waals surface area contributed by atoms with E-state index in [1.54, 1.807) is 6.07 Å². The highest BCUT2D eigenvalue weighted by Crippen LogP contribution is 2.29. The minimum absolute atomic E-state index is 0.182. The van der Waals surface area contributed by atoms with Gasteiger partial charge in [0.2, 0.25) is 0 Å². The van der Waals surface area contributed by atoms with E-state index in [9.17, 15) is 9.59 Å². The van der Waals surface area contributed by atoms with Gasteiger partial charge in [-0.2, -0.15) is 0 Å². The van der Waals surface area contributed by atoms with Crippen LogP contribution in [0, 0.1) is 0 Å². The highest BCUT2D eigenvalue weighted by atomic mass is 16.5. The second-order valence-corrected chi connectivity index (χ2v) is 9.18. The number of hydrogen-bond donors (Lipinski definition) is 0.